The van der Waals surface area contributed by atoms with Crippen LogP contribution in [0.5, 0.6) is 0 Å². The number of hydrogen-bond donors (Lipinski definition) is 1. The number of pyridine rings is 1. The largest absolute Gasteiger partial charge is 0.369 e. The van der Waals surface area contributed by atoms with Crippen molar-refractivity contribution < 1.29 is 4.79 Å². The van der Waals surface area contributed by atoms with Crippen molar-refractivity contribution in [1.82, 2.24) is 9.88 Å². The van der Waals surface area contributed by atoms with Crippen molar-refractivity contribution in [2.45, 2.75) is 51.5 Å². The fourth-order valence-corrected chi connectivity index (χ4v) is 3.14. The zero-order valence-electron chi connectivity index (χ0n) is 12.9. The molecule has 0 radical (unpaired) electrons. The third-order valence-electron chi connectivity index (χ3n) is 4.07. The summed E-state index contributed by atoms with van der Waals surface area (Å²) in [6.07, 6.45) is 8.70. The number of carbonyl (C=O) groups excluding carboxylic acids is 1. The minimum absolute atomic E-state index is 0.0642. The van der Waals surface area contributed by atoms with Gasteiger partial charge in [-0.1, -0.05) is 26.2 Å². The molecule has 0 bridgehead atoms. The molecule has 0 spiro atoms. The van der Waals surface area contributed by atoms with E-state index in [0.717, 1.165) is 30.3 Å². The highest BCUT2D eigenvalue weighted by molar-refractivity contribution is 9.10. The van der Waals surface area contributed by atoms with E-state index in [1.807, 2.05) is 18.0 Å². The number of nitrogens with one attached hydrogen (secondary N) is 1. The molecule has 1 aromatic heterocycles. The van der Waals surface area contributed by atoms with E-state index in [1.165, 1.54) is 19.3 Å². The van der Waals surface area contributed by atoms with Crippen LogP contribution in [0, 0.1) is 0 Å². The predicted octanol–water partition coefficient (Wildman–Crippen LogP) is 4.07. The van der Waals surface area contributed by atoms with Crippen molar-refractivity contribution in [3.8, 4) is 0 Å². The second-order valence-corrected chi connectivity index (χ2v) is 6.60. The van der Waals surface area contributed by atoms with Crippen LogP contribution in [0.2, 0.25) is 0 Å². The van der Waals surface area contributed by atoms with Gasteiger partial charge in [0.1, 0.15) is 5.82 Å². The molecule has 0 atom stereocenters. The first-order chi connectivity index (χ1) is 10.1. The van der Waals surface area contributed by atoms with Crippen LogP contribution in [-0.2, 0) is 0 Å². The van der Waals surface area contributed by atoms with Crippen molar-refractivity contribution in [2.75, 3.05) is 18.9 Å². The van der Waals surface area contributed by atoms with Gasteiger partial charge in [-0.05, 0) is 41.3 Å². The molecule has 1 saturated carbocycles. The van der Waals surface area contributed by atoms with Gasteiger partial charge in [0.05, 0.1) is 5.56 Å². The maximum atomic E-state index is 12.8. The topological polar surface area (TPSA) is 45.2 Å². The van der Waals surface area contributed by atoms with Gasteiger partial charge < -0.3 is 10.2 Å². The van der Waals surface area contributed by atoms with Crippen LogP contribution in [0.3, 0.4) is 0 Å². The van der Waals surface area contributed by atoms with Crippen molar-refractivity contribution >= 4 is 27.7 Å². The number of carbonyl (C=O) groups is 1. The molecule has 0 saturated heterocycles. The molecule has 0 aliphatic heterocycles. The highest BCUT2D eigenvalue weighted by Crippen LogP contribution is 2.25. The van der Waals surface area contributed by atoms with Gasteiger partial charge >= 0.3 is 0 Å². The number of anilines is 1. The molecular formula is C16H24BrN3O. The van der Waals surface area contributed by atoms with Gasteiger partial charge in [0.2, 0.25) is 0 Å². The van der Waals surface area contributed by atoms with Gasteiger partial charge in [-0.3, -0.25) is 4.79 Å². The Labute approximate surface area is 135 Å². The Morgan fingerprint density at radius 1 is 1.43 bits per heavy atom. The molecule has 21 heavy (non-hydrogen) atoms. The Morgan fingerprint density at radius 2 is 2.14 bits per heavy atom. The molecule has 1 heterocycles. The summed E-state index contributed by atoms with van der Waals surface area (Å²) in [5.41, 5.74) is 0.658. The first kappa shape index (κ1) is 16.3. The Hall–Kier alpha value is -1.10. The first-order valence-corrected chi connectivity index (χ1v) is 8.59. The highest BCUT2D eigenvalue weighted by atomic mass is 79.9. The maximum absolute atomic E-state index is 12.8. The molecular weight excluding hydrogens is 330 g/mol. The van der Waals surface area contributed by atoms with Crippen LogP contribution in [0.25, 0.3) is 0 Å². The molecule has 0 unspecified atom stereocenters. The molecule has 1 aromatic rings. The Kier molecular flexibility index (Phi) is 6.03. The van der Waals surface area contributed by atoms with E-state index in [0.29, 0.717) is 17.4 Å². The van der Waals surface area contributed by atoms with E-state index in [9.17, 15) is 4.79 Å². The minimum atomic E-state index is 0.0642. The highest BCUT2D eigenvalue weighted by Gasteiger charge is 2.25. The number of nitrogens with zero attached hydrogens (tertiary/aromatic N) is 2. The van der Waals surface area contributed by atoms with Crippen LogP contribution in [0.1, 0.15) is 55.8 Å². The fourth-order valence-electron chi connectivity index (χ4n) is 2.81. The quantitative estimate of drug-likeness (QED) is 0.867. The Morgan fingerprint density at radius 3 is 2.81 bits per heavy atom. The number of hydrogen-bond acceptors (Lipinski definition) is 3. The second-order valence-electron chi connectivity index (χ2n) is 5.68. The van der Waals surface area contributed by atoms with Gasteiger partial charge in [-0.15, -0.1) is 0 Å². The molecule has 4 nitrogen and oxygen atoms in total. The van der Waals surface area contributed by atoms with E-state index in [2.05, 4.69) is 33.2 Å². The van der Waals surface area contributed by atoms with Crippen LogP contribution in [-0.4, -0.2) is 35.4 Å². The van der Waals surface area contributed by atoms with E-state index < -0.39 is 0 Å². The zero-order chi connectivity index (χ0) is 15.2. The summed E-state index contributed by atoms with van der Waals surface area (Å²) in [5, 5.41) is 3.25. The summed E-state index contributed by atoms with van der Waals surface area (Å²) in [6.45, 7) is 2.92. The lowest BCUT2D eigenvalue weighted by atomic mass is 9.94. The molecule has 5 heteroatoms. The summed E-state index contributed by atoms with van der Waals surface area (Å²) in [5.74, 6) is 0.752. The van der Waals surface area contributed by atoms with E-state index in [1.54, 1.807) is 6.20 Å². The maximum Gasteiger partial charge on any atom is 0.257 e. The van der Waals surface area contributed by atoms with E-state index in [4.69, 9.17) is 0 Å². The first-order valence-electron chi connectivity index (χ1n) is 7.80. The van der Waals surface area contributed by atoms with Crippen molar-refractivity contribution in [3.63, 3.8) is 0 Å². The second kappa shape index (κ2) is 7.78. The molecule has 1 amide bonds. The van der Waals surface area contributed by atoms with E-state index in [-0.39, 0.29) is 5.91 Å². The lowest BCUT2D eigenvalue weighted by molar-refractivity contribution is 0.0697. The van der Waals surface area contributed by atoms with Gasteiger partial charge in [0.25, 0.3) is 5.91 Å². The molecule has 1 aliphatic rings. The summed E-state index contributed by atoms with van der Waals surface area (Å²) >= 11 is 3.42. The Balaban J connectivity index is 2.18. The lowest BCUT2D eigenvalue weighted by Crippen LogP contribution is -2.38. The van der Waals surface area contributed by atoms with Gasteiger partial charge in [-0.2, -0.15) is 0 Å². The molecule has 0 aromatic carbocycles. The average Bonchev–Trinajstić information content (AvgIpc) is 2.53. The molecule has 1 aliphatic carbocycles. The van der Waals surface area contributed by atoms with Crippen LogP contribution < -0.4 is 5.32 Å². The van der Waals surface area contributed by atoms with Gasteiger partial charge in [0, 0.05) is 30.3 Å². The van der Waals surface area contributed by atoms with Crippen LogP contribution in [0.4, 0.5) is 5.82 Å². The van der Waals surface area contributed by atoms with E-state index >= 15 is 0 Å². The summed E-state index contributed by atoms with van der Waals surface area (Å²) in [6, 6.07) is 2.23. The van der Waals surface area contributed by atoms with Crippen LogP contribution >= 0.6 is 15.9 Å². The van der Waals surface area contributed by atoms with Gasteiger partial charge in [-0.25, -0.2) is 4.98 Å². The van der Waals surface area contributed by atoms with Crippen molar-refractivity contribution in [1.29, 1.82) is 0 Å². The lowest BCUT2D eigenvalue weighted by Gasteiger charge is -2.31. The summed E-state index contributed by atoms with van der Waals surface area (Å²) in [4.78, 5) is 19.1. The average molecular weight is 354 g/mol. The molecule has 1 fully saturated rings. The molecule has 1 N–H and O–H groups in total. The Bertz CT molecular complexity index is 486. The molecule has 2 rings (SSSR count). The number of rotatable bonds is 5. The fraction of sp³-hybridized carbons (Fsp3) is 0.625. The number of halogens is 1. The van der Waals surface area contributed by atoms with Crippen LogP contribution in [0.15, 0.2) is 16.7 Å². The normalized spacial score (nSPS) is 15.8. The predicted molar refractivity (Wildman–Crippen MR) is 89.7 cm³/mol. The zero-order valence-corrected chi connectivity index (χ0v) is 14.4. The summed E-state index contributed by atoms with van der Waals surface area (Å²) < 4.78 is 0.838. The number of amides is 1. The standard InChI is InChI=1S/C16H24BrN3O/c1-3-9-18-15-14(10-12(17)11-19-15)16(21)20(2)13-7-5-4-6-8-13/h10-11,13H,3-9H2,1-2H3,(H,18,19). The third kappa shape index (κ3) is 4.19. The monoisotopic (exact) mass is 353 g/mol. The van der Waals surface area contributed by atoms with Crippen molar-refractivity contribution in [3.05, 3.63) is 22.3 Å². The molecule has 116 valence electrons. The SMILES string of the molecule is CCCNc1ncc(Br)cc1C(=O)N(C)C1CCCCC1. The smallest absolute Gasteiger partial charge is 0.257 e. The van der Waals surface area contributed by atoms with Gasteiger partial charge in [0.15, 0.2) is 0 Å². The minimum Gasteiger partial charge on any atom is -0.369 e. The number of aromatic nitrogens is 1. The third-order valence-corrected chi connectivity index (χ3v) is 4.50. The van der Waals surface area contributed by atoms with Crippen molar-refractivity contribution in [2.24, 2.45) is 0 Å². The summed E-state index contributed by atoms with van der Waals surface area (Å²) in [7, 11) is 1.92.